The molecule has 0 fully saturated rings. The number of hydrogen-bond donors (Lipinski definition) is 1. The largest absolute Gasteiger partial charge is 0.277 e. The highest BCUT2D eigenvalue weighted by Crippen LogP contribution is 2.26. The van der Waals surface area contributed by atoms with Crippen LogP contribution in [0.5, 0.6) is 0 Å². The van der Waals surface area contributed by atoms with Gasteiger partial charge in [-0.2, -0.15) is 5.10 Å². The van der Waals surface area contributed by atoms with Crippen LogP contribution in [-0.2, 0) is 17.1 Å². The molecule has 0 amide bonds. The van der Waals surface area contributed by atoms with Gasteiger partial charge in [0.2, 0.25) is 0 Å². The minimum atomic E-state index is -3.80. The Labute approximate surface area is 160 Å². The van der Waals surface area contributed by atoms with Crippen LogP contribution in [0.15, 0.2) is 66.0 Å². The van der Waals surface area contributed by atoms with Crippen molar-refractivity contribution in [3.05, 3.63) is 66.2 Å². The van der Waals surface area contributed by atoms with Crippen molar-refractivity contribution < 1.29 is 8.42 Å². The van der Waals surface area contributed by atoms with Crippen LogP contribution < -0.4 is 4.72 Å². The fourth-order valence-electron chi connectivity index (χ4n) is 2.76. The van der Waals surface area contributed by atoms with E-state index >= 15 is 0 Å². The average Bonchev–Trinajstić information content (AvgIpc) is 3.04. The number of hydrogen-bond acceptors (Lipinski definition) is 5. The zero-order chi connectivity index (χ0) is 19.0. The third kappa shape index (κ3) is 3.36. The summed E-state index contributed by atoms with van der Waals surface area (Å²) < 4.78 is 29.8. The molecule has 0 bridgehead atoms. The molecule has 0 saturated carbocycles. The second-order valence-electron chi connectivity index (χ2n) is 5.87. The quantitative estimate of drug-likeness (QED) is 0.530. The number of para-hydroxylation sites is 1. The Morgan fingerprint density at radius 3 is 2.56 bits per heavy atom. The van der Waals surface area contributed by atoms with Gasteiger partial charge in [-0.15, -0.1) is 0 Å². The minimum Gasteiger partial charge on any atom is -0.277 e. The molecule has 1 aromatic carbocycles. The van der Waals surface area contributed by atoms with Gasteiger partial charge in [-0.25, -0.2) is 13.4 Å². The van der Waals surface area contributed by atoms with Gasteiger partial charge in [-0.1, -0.05) is 23.7 Å². The summed E-state index contributed by atoms with van der Waals surface area (Å²) in [6, 6.07) is 11.9. The van der Waals surface area contributed by atoms with Gasteiger partial charge >= 0.3 is 0 Å². The summed E-state index contributed by atoms with van der Waals surface area (Å²) >= 11 is 5.78. The van der Waals surface area contributed by atoms with E-state index < -0.39 is 10.0 Å². The van der Waals surface area contributed by atoms with Crippen molar-refractivity contribution in [1.29, 1.82) is 0 Å². The molecule has 0 unspecified atom stereocenters. The number of halogens is 1. The first-order chi connectivity index (χ1) is 12.9. The Bertz CT molecular complexity index is 1220. The Balaban J connectivity index is 1.65. The van der Waals surface area contributed by atoms with Crippen LogP contribution in [0.3, 0.4) is 0 Å². The van der Waals surface area contributed by atoms with Crippen molar-refractivity contribution >= 4 is 38.2 Å². The molecule has 0 spiro atoms. The average molecular weight is 400 g/mol. The van der Waals surface area contributed by atoms with Crippen LogP contribution in [0, 0.1) is 0 Å². The van der Waals surface area contributed by atoms with Gasteiger partial charge in [0.25, 0.3) is 10.0 Å². The van der Waals surface area contributed by atoms with E-state index in [4.69, 9.17) is 11.6 Å². The van der Waals surface area contributed by atoms with Crippen molar-refractivity contribution in [3.8, 4) is 11.3 Å². The first-order valence-electron chi connectivity index (χ1n) is 7.95. The Hall–Kier alpha value is -2.97. The zero-order valence-electron chi connectivity index (χ0n) is 14.2. The van der Waals surface area contributed by atoms with Gasteiger partial charge < -0.3 is 0 Å². The lowest BCUT2D eigenvalue weighted by Gasteiger charge is -2.10. The molecule has 9 heteroatoms. The number of sulfonamides is 1. The topological polar surface area (TPSA) is 89.8 Å². The highest BCUT2D eigenvalue weighted by atomic mass is 35.5. The van der Waals surface area contributed by atoms with Crippen molar-refractivity contribution in [2.24, 2.45) is 7.05 Å². The van der Waals surface area contributed by atoms with Crippen molar-refractivity contribution in [3.63, 3.8) is 0 Å². The SMILES string of the molecule is Cn1ncc2cccc(NS(=O)(=O)c3ccc(-c4ccc(Cl)nc4)nc3)c21. The summed E-state index contributed by atoms with van der Waals surface area (Å²) in [6.07, 6.45) is 4.58. The fourth-order valence-corrected chi connectivity index (χ4v) is 3.88. The Kier molecular flexibility index (Phi) is 4.29. The monoisotopic (exact) mass is 399 g/mol. The van der Waals surface area contributed by atoms with E-state index in [1.807, 2.05) is 6.07 Å². The second-order valence-corrected chi connectivity index (χ2v) is 7.94. The summed E-state index contributed by atoms with van der Waals surface area (Å²) in [7, 11) is -2.03. The summed E-state index contributed by atoms with van der Waals surface area (Å²) in [5, 5.41) is 5.39. The van der Waals surface area contributed by atoms with Crippen LogP contribution >= 0.6 is 11.6 Å². The Morgan fingerprint density at radius 2 is 1.85 bits per heavy atom. The highest BCUT2D eigenvalue weighted by molar-refractivity contribution is 7.92. The maximum absolute atomic E-state index is 12.8. The lowest BCUT2D eigenvalue weighted by Crippen LogP contribution is -2.14. The first kappa shape index (κ1) is 17.4. The van der Waals surface area contributed by atoms with Crippen LogP contribution in [0.4, 0.5) is 5.69 Å². The van der Waals surface area contributed by atoms with Crippen molar-refractivity contribution in [2.45, 2.75) is 4.90 Å². The highest BCUT2D eigenvalue weighted by Gasteiger charge is 2.17. The molecule has 136 valence electrons. The molecule has 0 saturated heterocycles. The smallest absolute Gasteiger partial charge is 0.263 e. The van der Waals surface area contributed by atoms with Crippen molar-refractivity contribution in [2.75, 3.05) is 4.72 Å². The van der Waals surface area contributed by atoms with Gasteiger partial charge in [0.1, 0.15) is 10.0 Å². The third-order valence-electron chi connectivity index (χ3n) is 4.07. The number of aryl methyl sites for hydroxylation is 1. The minimum absolute atomic E-state index is 0.0624. The first-order valence-corrected chi connectivity index (χ1v) is 9.82. The molecular weight excluding hydrogens is 386 g/mol. The number of pyridine rings is 2. The van der Waals surface area contributed by atoms with Gasteiger partial charge in [-0.05, 0) is 30.3 Å². The number of benzene rings is 1. The summed E-state index contributed by atoms with van der Waals surface area (Å²) in [4.78, 5) is 8.30. The van der Waals surface area contributed by atoms with Crippen LogP contribution in [0.25, 0.3) is 22.2 Å². The van der Waals surface area contributed by atoms with Crippen LogP contribution in [0.1, 0.15) is 0 Å². The molecule has 0 atom stereocenters. The van der Waals surface area contributed by atoms with Crippen LogP contribution in [-0.4, -0.2) is 28.2 Å². The van der Waals surface area contributed by atoms with Gasteiger partial charge in [0, 0.05) is 30.4 Å². The second kappa shape index (κ2) is 6.64. The number of aromatic nitrogens is 4. The van der Waals surface area contributed by atoms with Gasteiger partial charge in [0.15, 0.2) is 0 Å². The number of nitrogens with one attached hydrogen (secondary N) is 1. The maximum atomic E-state index is 12.8. The number of rotatable bonds is 4. The van der Waals surface area contributed by atoms with Crippen molar-refractivity contribution in [1.82, 2.24) is 19.7 Å². The lowest BCUT2D eigenvalue weighted by atomic mass is 10.2. The predicted molar refractivity (Wildman–Crippen MR) is 104 cm³/mol. The van der Waals surface area contributed by atoms with E-state index in [2.05, 4.69) is 19.8 Å². The molecule has 0 aliphatic heterocycles. The number of nitrogens with zero attached hydrogens (tertiary/aromatic N) is 4. The molecule has 3 heterocycles. The van der Waals surface area contributed by atoms with Crippen LogP contribution in [0.2, 0.25) is 5.15 Å². The summed E-state index contributed by atoms with van der Waals surface area (Å²) in [5.41, 5.74) is 2.51. The molecular formula is C18H14ClN5O2S. The van der Waals surface area contributed by atoms with Gasteiger partial charge in [-0.3, -0.25) is 14.4 Å². The molecule has 0 aliphatic rings. The fraction of sp³-hybridized carbons (Fsp3) is 0.0556. The Morgan fingerprint density at radius 1 is 1.00 bits per heavy atom. The predicted octanol–water partition coefficient (Wildman–Crippen LogP) is 3.48. The molecule has 4 rings (SSSR count). The zero-order valence-corrected chi connectivity index (χ0v) is 15.7. The molecule has 3 aromatic heterocycles. The standard InChI is InChI=1S/C18H14ClN5O2S/c1-24-18-13(10-22-24)3-2-4-16(18)23-27(25,26)14-6-7-15(20-11-14)12-5-8-17(19)21-9-12/h2-11,23H,1H3. The number of fused-ring (bicyclic) bond motifs is 1. The third-order valence-corrected chi connectivity index (χ3v) is 5.65. The summed E-state index contributed by atoms with van der Waals surface area (Å²) in [6.45, 7) is 0. The van der Waals surface area contributed by atoms with E-state index in [0.717, 1.165) is 10.9 Å². The number of anilines is 1. The summed E-state index contributed by atoms with van der Waals surface area (Å²) in [5.74, 6) is 0. The maximum Gasteiger partial charge on any atom is 0.263 e. The molecule has 0 radical (unpaired) electrons. The molecule has 7 nitrogen and oxygen atoms in total. The normalized spacial score (nSPS) is 11.6. The van der Waals surface area contributed by atoms with E-state index in [0.29, 0.717) is 22.1 Å². The van der Waals surface area contributed by atoms with E-state index in [1.54, 1.807) is 54.5 Å². The van der Waals surface area contributed by atoms with Gasteiger partial charge in [0.05, 0.1) is 23.1 Å². The molecule has 0 aliphatic carbocycles. The molecule has 1 N–H and O–H groups in total. The molecule has 27 heavy (non-hydrogen) atoms. The lowest BCUT2D eigenvalue weighted by molar-refractivity contribution is 0.601. The van der Waals surface area contributed by atoms with E-state index in [-0.39, 0.29) is 4.90 Å². The van der Waals surface area contributed by atoms with E-state index in [1.165, 1.54) is 12.3 Å². The molecule has 4 aromatic rings. The van der Waals surface area contributed by atoms with E-state index in [9.17, 15) is 8.42 Å².